The molecular weight excluding hydrogens is 572 g/mol. The Labute approximate surface area is 264 Å². The van der Waals surface area contributed by atoms with Crippen molar-refractivity contribution >= 4 is 47.7 Å². The van der Waals surface area contributed by atoms with Gasteiger partial charge >= 0.3 is 11.9 Å². The van der Waals surface area contributed by atoms with E-state index in [1.54, 1.807) is 0 Å². The zero-order valence-corrected chi connectivity index (χ0v) is 27.7. The molecule has 0 radical (unpaired) electrons. The van der Waals surface area contributed by atoms with Crippen LogP contribution in [0.1, 0.15) is 87.0 Å². The number of aromatic nitrogens is 2. The monoisotopic (exact) mass is 618 g/mol. The van der Waals surface area contributed by atoms with E-state index in [0.29, 0.717) is 12.8 Å². The van der Waals surface area contributed by atoms with Crippen LogP contribution < -0.4 is 16.0 Å². The first kappa shape index (κ1) is 33.7. The maximum Gasteiger partial charge on any atom is 0.305 e. The number of carbonyl (C=O) groups excluding carboxylic acids is 4. The first-order chi connectivity index (χ1) is 21.4. The highest BCUT2D eigenvalue weighted by Crippen LogP contribution is 2.32. The van der Waals surface area contributed by atoms with Crippen molar-refractivity contribution in [1.29, 1.82) is 0 Å². The van der Waals surface area contributed by atoms with Crippen LogP contribution in [0.25, 0.3) is 18.2 Å². The van der Waals surface area contributed by atoms with E-state index in [9.17, 15) is 19.2 Å². The molecule has 242 valence electrons. The molecule has 0 aliphatic carbocycles. The average Bonchev–Trinajstić information content (AvgIpc) is 3.66. The summed E-state index contributed by atoms with van der Waals surface area (Å²) in [5.41, 5.74) is 7.11. The van der Waals surface area contributed by atoms with Gasteiger partial charge in [0.05, 0.1) is 14.2 Å². The van der Waals surface area contributed by atoms with Gasteiger partial charge in [-0.2, -0.15) is 0 Å². The average molecular weight is 619 g/mol. The first-order valence-corrected chi connectivity index (χ1v) is 15.8. The molecular formula is C35H46N4O6. The van der Waals surface area contributed by atoms with E-state index in [1.165, 1.54) is 14.2 Å². The molecule has 2 aromatic heterocycles. The largest absolute Gasteiger partial charge is 0.469 e. The van der Waals surface area contributed by atoms with E-state index in [1.807, 2.05) is 52.8 Å². The normalized spacial score (nSPS) is 23.2. The van der Waals surface area contributed by atoms with Crippen LogP contribution in [0.4, 0.5) is 0 Å². The van der Waals surface area contributed by atoms with Gasteiger partial charge in [-0.1, -0.05) is 27.7 Å². The lowest BCUT2D eigenvalue weighted by molar-refractivity contribution is -0.141. The van der Waals surface area contributed by atoms with Crippen molar-refractivity contribution in [3.05, 3.63) is 50.0 Å². The number of nitrogens with zero attached hydrogens (tertiary/aromatic N) is 1. The van der Waals surface area contributed by atoms with Gasteiger partial charge in [-0.25, -0.2) is 4.99 Å². The van der Waals surface area contributed by atoms with Crippen molar-refractivity contribution in [2.45, 2.75) is 80.1 Å². The second-order valence-corrected chi connectivity index (χ2v) is 12.1. The Balaban J connectivity index is 1.87. The number of rotatable bonds is 11. The summed E-state index contributed by atoms with van der Waals surface area (Å²) in [4.78, 5) is 60.7. The highest BCUT2D eigenvalue weighted by atomic mass is 16.5. The molecule has 2 aromatic rings. The van der Waals surface area contributed by atoms with Crippen LogP contribution in [0, 0.1) is 37.5 Å². The third-order valence-corrected chi connectivity index (χ3v) is 9.60. The van der Waals surface area contributed by atoms with Crippen LogP contribution in [-0.2, 0) is 41.5 Å². The minimum atomic E-state index is -0.307. The van der Waals surface area contributed by atoms with Gasteiger partial charge in [0.15, 0.2) is 0 Å². The Morgan fingerprint density at radius 2 is 1.40 bits per heavy atom. The third kappa shape index (κ3) is 7.05. The number of methoxy groups -OCH3 is 2. The molecule has 0 bridgehead atoms. The second kappa shape index (κ2) is 14.3. The van der Waals surface area contributed by atoms with Gasteiger partial charge in [0.2, 0.25) is 11.8 Å². The van der Waals surface area contributed by atoms with Crippen LogP contribution in [0.2, 0.25) is 0 Å². The summed E-state index contributed by atoms with van der Waals surface area (Å²) < 4.78 is 9.85. The number of allylic oxidation sites excluding steroid dienone is 1. The molecule has 2 aliphatic rings. The molecule has 1 saturated heterocycles. The van der Waals surface area contributed by atoms with Gasteiger partial charge in [-0.15, -0.1) is 0 Å². The smallest absolute Gasteiger partial charge is 0.305 e. The Morgan fingerprint density at radius 3 is 1.96 bits per heavy atom. The second-order valence-electron chi connectivity index (χ2n) is 12.1. The summed E-state index contributed by atoms with van der Waals surface area (Å²) in [7, 11) is 2.75. The molecule has 45 heavy (non-hydrogen) atoms. The van der Waals surface area contributed by atoms with Crippen molar-refractivity contribution in [3.63, 3.8) is 0 Å². The van der Waals surface area contributed by atoms with Crippen molar-refractivity contribution < 1.29 is 28.7 Å². The van der Waals surface area contributed by atoms with Crippen LogP contribution in [0.5, 0.6) is 0 Å². The number of aromatic amines is 2. The fourth-order valence-corrected chi connectivity index (χ4v) is 6.57. The van der Waals surface area contributed by atoms with Crippen LogP contribution >= 0.6 is 0 Å². The first-order valence-electron chi connectivity index (χ1n) is 15.8. The number of esters is 2. The lowest BCUT2D eigenvalue weighted by atomic mass is 9.90. The summed E-state index contributed by atoms with van der Waals surface area (Å²) >= 11 is 0. The number of ether oxygens (including phenoxy) is 2. The van der Waals surface area contributed by atoms with Crippen LogP contribution in [-0.4, -0.2) is 53.7 Å². The molecule has 10 nitrogen and oxygen atoms in total. The highest BCUT2D eigenvalue weighted by Gasteiger charge is 2.34. The number of amides is 2. The molecule has 0 aromatic carbocycles. The zero-order valence-electron chi connectivity index (χ0n) is 27.7. The third-order valence-electron chi connectivity index (χ3n) is 9.60. The molecule has 4 rings (SSSR count). The van der Waals surface area contributed by atoms with E-state index >= 15 is 0 Å². The van der Waals surface area contributed by atoms with Gasteiger partial charge in [-0.3, -0.25) is 19.2 Å². The predicted octanol–water partition coefficient (Wildman–Crippen LogP) is 3.56. The zero-order chi connectivity index (χ0) is 33.0. The number of H-pyrrole nitrogens is 2. The molecule has 10 heteroatoms. The summed E-state index contributed by atoms with van der Waals surface area (Å²) in [5.74, 6) is -0.787. The summed E-state index contributed by atoms with van der Waals surface area (Å²) in [6.07, 6.45) is 8.74. The molecule has 2 amide bonds. The Hall–Kier alpha value is -4.21. The van der Waals surface area contributed by atoms with E-state index < -0.39 is 0 Å². The number of hydrogen-bond acceptors (Lipinski definition) is 6. The SMILES string of the molecule is CC[C@H]1C(=O)N=C(/C=c2/[nH]/c(=C\c3[nH]c(/C=C4/NC(=O)[C@H](CC)[C@H]4C)c(C)c3CCC(=O)OC)c(CCC(=O)OC)c2C)[C@@H]1C. The molecule has 0 spiro atoms. The van der Waals surface area contributed by atoms with Crippen LogP contribution in [0.15, 0.2) is 10.7 Å². The minimum absolute atomic E-state index is 0.00787. The molecule has 1 fully saturated rings. The number of hydrogen-bond donors (Lipinski definition) is 3. The number of carbonyl (C=O) groups is 4. The minimum Gasteiger partial charge on any atom is -0.469 e. The molecule has 3 N–H and O–H groups in total. The van der Waals surface area contributed by atoms with Crippen molar-refractivity contribution in [2.75, 3.05) is 14.2 Å². The fourth-order valence-electron chi connectivity index (χ4n) is 6.57. The molecule has 4 atom stereocenters. The summed E-state index contributed by atoms with van der Waals surface area (Å²) in [6.45, 7) is 12.1. The highest BCUT2D eigenvalue weighted by molar-refractivity contribution is 6.20. The Kier molecular flexibility index (Phi) is 10.7. The predicted molar refractivity (Wildman–Crippen MR) is 173 cm³/mol. The van der Waals surface area contributed by atoms with Crippen LogP contribution in [0.3, 0.4) is 0 Å². The van der Waals surface area contributed by atoms with Crippen molar-refractivity contribution in [2.24, 2.45) is 28.7 Å². The topological polar surface area (TPSA) is 143 Å². The van der Waals surface area contributed by atoms with E-state index in [-0.39, 0.29) is 60.3 Å². The standard InChI is InChI=1S/C35H46N4O6/c1-9-22-18(3)28(38-34(22)42)15-26-20(5)24(11-13-32(40)44-7)30(36-26)17-31-25(12-14-33(41)45-8)21(6)27(37-31)16-29-19(4)23(10-2)35(43)39-29/h15-19,22-23,36-37H,9-14H2,1-8H3,(H,38,42)/b27-16+,28-15+,31-17-/t18-,19-,22-,23-/m1/s1. The molecule has 0 saturated carbocycles. The van der Waals surface area contributed by atoms with Gasteiger partial charge in [0.25, 0.3) is 0 Å². The van der Waals surface area contributed by atoms with Gasteiger partial charge in [0, 0.05) is 70.0 Å². The number of aliphatic imine (C=N–C) groups is 1. The van der Waals surface area contributed by atoms with E-state index in [2.05, 4.69) is 27.2 Å². The van der Waals surface area contributed by atoms with Gasteiger partial charge in [-0.05, 0) is 80.0 Å². The van der Waals surface area contributed by atoms with E-state index in [0.717, 1.165) is 68.6 Å². The Morgan fingerprint density at radius 1 is 0.778 bits per heavy atom. The summed E-state index contributed by atoms with van der Waals surface area (Å²) in [5, 5.41) is 4.68. The van der Waals surface area contributed by atoms with Crippen molar-refractivity contribution in [1.82, 2.24) is 15.3 Å². The maximum absolute atomic E-state index is 12.5. The molecule has 2 aliphatic heterocycles. The van der Waals surface area contributed by atoms with Crippen molar-refractivity contribution in [3.8, 4) is 0 Å². The van der Waals surface area contributed by atoms with Gasteiger partial charge < -0.3 is 24.8 Å². The summed E-state index contributed by atoms with van der Waals surface area (Å²) in [6, 6.07) is 0. The number of nitrogens with one attached hydrogen (secondary N) is 3. The van der Waals surface area contributed by atoms with E-state index in [4.69, 9.17) is 9.47 Å². The molecule has 0 unspecified atom stereocenters. The lowest BCUT2D eigenvalue weighted by Gasteiger charge is -2.10. The maximum atomic E-state index is 12.5. The molecule has 4 heterocycles. The Bertz CT molecular complexity index is 1670. The fraction of sp³-hybridized carbons (Fsp3) is 0.514. The quantitative estimate of drug-likeness (QED) is 0.329. The van der Waals surface area contributed by atoms with Gasteiger partial charge in [0.1, 0.15) is 0 Å². The lowest BCUT2D eigenvalue weighted by Crippen LogP contribution is -2.19.